The monoisotopic (exact) mass is 375 g/mol. The molecular formula is C20H23ClFN3O. The van der Waals surface area contributed by atoms with E-state index in [-0.39, 0.29) is 11.7 Å². The van der Waals surface area contributed by atoms with Crippen LogP contribution in [0.25, 0.3) is 0 Å². The number of benzene rings is 2. The van der Waals surface area contributed by atoms with Gasteiger partial charge in [0.15, 0.2) is 0 Å². The van der Waals surface area contributed by atoms with Crippen molar-refractivity contribution < 1.29 is 9.18 Å². The van der Waals surface area contributed by atoms with Crippen LogP contribution in [-0.2, 0) is 0 Å². The zero-order valence-electron chi connectivity index (χ0n) is 14.6. The molecule has 26 heavy (non-hydrogen) atoms. The molecule has 1 saturated heterocycles. The summed E-state index contributed by atoms with van der Waals surface area (Å²) in [6.45, 7) is 4.97. The van der Waals surface area contributed by atoms with E-state index < -0.39 is 0 Å². The maximum Gasteiger partial charge on any atom is 0.251 e. The number of anilines is 1. The summed E-state index contributed by atoms with van der Waals surface area (Å²) in [5.41, 5.74) is 1.26. The van der Waals surface area contributed by atoms with Crippen molar-refractivity contribution in [2.75, 3.05) is 44.2 Å². The van der Waals surface area contributed by atoms with E-state index in [4.69, 9.17) is 11.6 Å². The van der Waals surface area contributed by atoms with Gasteiger partial charge >= 0.3 is 0 Å². The molecule has 1 N–H and O–H groups in total. The first-order valence-corrected chi connectivity index (χ1v) is 9.27. The second-order valence-corrected chi connectivity index (χ2v) is 6.84. The van der Waals surface area contributed by atoms with Crippen LogP contribution in [0, 0.1) is 5.82 Å². The number of piperazine rings is 1. The highest BCUT2D eigenvalue weighted by Gasteiger charge is 2.18. The zero-order chi connectivity index (χ0) is 18.4. The summed E-state index contributed by atoms with van der Waals surface area (Å²) >= 11 is 5.90. The highest BCUT2D eigenvalue weighted by Crippen LogP contribution is 2.20. The molecule has 1 aliphatic heterocycles. The summed E-state index contributed by atoms with van der Waals surface area (Å²) in [4.78, 5) is 16.5. The summed E-state index contributed by atoms with van der Waals surface area (Å²) in [5.74, 6) is -0.262. The molecule has 0 saturated carbocycles. The van der Waals surface area contributed by atoms with E-state index >= 15 is 0 Å². The smallest absolute Gasteiger partial charge is 0.251 e. The highest BCUT2D eigenvalue weighted by molar-refractivity contribution is 6.30. The molecule has 0 atom stereocenters. The maximum atomic E-state index is 13.9. The van der Waals surface area contributed by atoms with Crippen molar-refractivity contribution >= 4 is 23.2 Å². The Balaban J connectivity index is 1.37. The van der Waals surface area contributed by atoms with Gasteiger partial charge in [-0.15, -0.1) is 0 Å². The Labute approximate surface area is 158 Å². The molecule has 1 fully saturated rings. The number of carbonyl (C=O) groups is 1. The number of para-hydroxylation sites is 1. The van der Waals surface area contributed by atoms with E-state index in [1.165, 1.54) is 6.07 Å². The molecule has 0 bridgehead atoms. The molecule has 1 amide bonds. The first-order valence-electron chi connectivity index (χ1n) is 8.89. The lowest BCUT2D eigenvalue weighted by molar-refractivity contribution is 0.0951. The fraction of sp³-hybridized carbons (Fsp3) is 0.350. The second kappa shape index (κ2) is 9.01. The molecule has 0 radical (unpaired) electrons. The van der Waals surface area contributed by atoms with Gasteiger partial charge in [0.2, 0.25) is 0 Å². The van der Waals surface area contributed by atoms with Crippen LogP contribution in [0.15, 0.2) is 48.5 Å². The summed E-state index contributed by atoms with van der Waals surface area (Å²) < 4.78 is 13.9. The average Bonchev–Trinajstić information content (AvgIpc) is 2.66. The molecule has 6 heteroatoms. The lowest BCUT2D eigenvalue weighted by atomic mass is 10.2. The molecule has 0 spiro atoms. The van der Waals surface area contributed by atoms with E-state index in [2.05, 4.69) is 15.1 Å². The Kier molecular flexibility index (Phi) is 6.47. The first kappa shape index (κ1) is 18.7. The predicted octanol–water partition coefficient (Wildman–Crippen LogP) is 3.42. The summed E-state index contributed by atoms with van der Waals surface area (Å²) in [6, 6.07) is 13.9. The number of halogens is 2. The molecule has 0 aliphatic carbocycles. The number of hydrogen-bond acceptors (Lipinski definition) is 3. The van der Waals surface area contributed by atoms with Crippen LogP contribution in [-0.4, -0.2) is 50.1 Å². The third kappa shape index (κ3) is 4.96. The van der Waals surface area contributed by atoms with Crippen LogP contribution in [0.5, 0.6) is 0 Å². The predicted molar refractivity (Wildman–Crippen MR) is 103 cm³/mol. The van der Waals surface area contributed by atoms with Crippen LogP contribution in [0.1, 0.15) is 16.8 Å². The van der Waals surface area contributed by atoms with Gasteiger partial charge in [-0.25, -0.2) is 4.39 Å². The Hall–Kier alpha value is -2.11. The van der Waals surface area contributed by atoms with Crippen LogP contribution in [0.4, 0.5) is 10.1 Å². The van der Waals surface area contributed by atoms with Crippen LogP contribution >= 0.6 is 11.6 Å². The van der Waals surface area contributed by atoms with E-state index in [0.29, 0.717) is 22.8 Å². The van der Waals surface area contributed by atoms with Gasteiger partial charge in [0.25, 0.3) is 5.91 Å². The average molecular weight is 376 g/mol. The van der Waals surface area contributed by atoms with Gasteiger partial charge in [-0.2, -0.15) is 0 Å². The lowest BCUT2D eigenvalue weighted by Gasteiger charge is -2.36. The summed E-state index contributed by atoms with van der Waals surface area (Å²) in [6.07, 6.45) is 0.881. The van der Waals surface area contributed by atoms with Gasteiger partial charge in [-0.05, 0) is 43.3 Å². The van der Waals surface area contributed by atoms with E-state index in [1.54, 1.807) is 30.3 Å². The number of nitrogens with zero attached hydrogens (tertiary/aromatic N) is 2. The molecule has 2 aromatic carbocycles. The number of hydrogen-bond donors (Lipinski definition) is 1. The molecule has 1 heterocycles. The maximum absolute atomic E-state index is 13.9. The van der Waals surface area contributed by atoms with Gasteiger partial charge in [-0.3, -0.25) is 9.69 Å². The number of nitrogens with one attached hydrogen (secondary N) is 1. The van der Waals surface area contributed by atoms with Crippen LogP contribution in [0.3, 0.4) is 0 Å². The van der Waals surface area contributed by atoms with Crippen molar-refractivity contribution in [3.8, 4) is 0 Å². The quantitative estimate of drug-likeness (QED) is 0.786. The van der Waals surface area contributed by atoms with Crippen molar-refractivity contribution in [3.63, 3.8) is 0 Å². The lowest BCUT2D eigenvalue weighted by Crippen LogP contribution is -2.47. The highest BCUT2D eigenvalue weighted by atomic mass is 35.5. The molecule has 4 nitrogen and oxygen atoms in total. The zero-order valence-corrected chi connectivity index (χ0v) is 15.4. The van der Waals surface area contributed by atoms with Gasteiger partial charge in [-0.1, -0.05) is 29.8 Å². The Bertz CT molecular complexity index is 747. The fourth-order valence-corrected chi connectivity index (χ4v) is 3.35. The van der Waals surface area contributed by atoms with Gasteiger partial charge < -0.3 is 10.2 Å². The van der Waals surface area contributed by atoms with Crippen molar-refractivity contribution in [1.82, 2.24) is 10.2 Å². The summed E-state index contributed by atoms with van der Waals surface area (Å²) in [7, 11) is 0. The second-order valence-electron chi connectivity index (χ2n) is 6.40. The SMILES string of the molecule is O=C(NCCCN1CCN(c2ccccc2F)CC1)c1cccc(Cl)c1. The normalized spacial score (nSPS) is 15.1. The molecule has 3 rings (SSSR count). The molecule has 0 unspecified atom stereocenters. The Morgan fingerprint density at radius 3 is 2.58 bits per heavy atom. The largest absolute Gasteiger partial charge is 0.367 e. The van der Waals surface area contributed by atoms with E-state index in [9.17, 15) is 9.18 Å². The number of carbonyl (C=O) groups excluding carboxylic acids is 1. The van der Waals surface area contributed by atoms with E-state index in [1.807, 2.05) is 12.1 Å². The minimum absolute atomic E-state index is 0.100. The minimum atomic E-state index is -0.162. The van der Waals surface area contributed by atoms with Crippen molar-refractivity contribution in [1.29, 1.82) is 0 Å². The van der Waals surface area contributed by atoms with Crippen molar-refractivity contribution in [2.45, 2.75) is 6.42 Å². The van der Waals surface area contributed by atoms with Crippen molar-refractivity contribution in [3.05, 3.63) is 64.9 Å². The Morgan fingerprint density at radius 2 is 1.85 bits per heavy atom. The molecule has 0 aromatic heterocycles. The summed E-state index contributed by atoms with van der Waals surface area (Å²) in [5, 5.41) is 3.48. The molecule has 1 aliphatic rings. The Morgan fingerprint density at radius 1 is 1.08 bits per heavy atom. The number of amides is 1. The third-order valence-corrected chi connectivity index (χ3v) is 4.82. The third-order valence-electron chi connectivity index (χ3n) is 4.59. The van der Waals surface area contributed by atoms with Gasteiger partial charge in [0, 0.05) is 43.3 Å². The standard InChI is InChI=1S/C20H23ClFN3O/c21-17-6-3-5-16(15-17)20(26)23-9-4-10-24-11-13-25(14-12-24)19-8-2-1-7-18(19)22/h1-3,5-8,15H,4,9-14H2,(H,23,26). The fourth-order valence-electron chi connectivity index (χ4n) is 3.16. The molecule has 2 aromatic rings. The van der Waals surface area contributed by atoms with Gasteiger partial charge in [0.1, 0.15) is 5.82 Å². The van der Waals surface area contributed by atoms with Gasteiger partial charge in [0.05, 0.1) is 5.69 Å². The van der Waals surface area contributed by atoms with E-state index in [0.717, 1.165) is 39.1 Å². The minimum Gasteiger partial charge on any atom is -0.367 e. The van der Waals surface area contributed by atoms with Crippen LogP contribution in [0.2, 0.25) is 5.02 Å². The number of rotatable bonds is 6. The molecule has 138 valence electrons. The van der Waals surface area contributed by atoms with Crippen LogP contribution < -0.4 is 10.2 Å². The molecular weight excluding hydrogens is 353 g/mol. The first-order chi connectivity index (χ1) is 12.6. The topological polar surface area (TPSA) is 35.6 Å². The van der Waals surface area contributed by atoms with Crippen molar-refractivity contribution in [2.24, 2.45) is 0 Å².